The van der Waals surface area contributed by atoms with Gasteiger partial charge in [-0.1, -0.05) is 22.0 Å². The third-order valence-corrected chi connectivity index (χ3v) is 4.71. The third-order valence-electron chi connectivity index (χ3n) is 4.22. The molecule has 1 saturated heterocycles. The maximum absolute atomic E-state index is 3.64. The Morgan fingerprint density at radius 1 is 1.24 bits per heavy atom. The third kappa shape index (κ3) is 2.50. The maximum atomic E-state index is 3.64. The van der Waals surface area contributed by atoms with Crippen LogP contribution in [0.25, 0.3) is 0 Å². The second-order valence-corrected chi connectivity index (χ2v) is 6.43. The lowest BCUT2D eigenvalue weighted by molar-refractivity contribution is 0.0718. The Morgan fingerprint density at radius 2 is 2.00 bits per heavy atom. The summed E-state index contributed by atoms with van der Waals surface area (Å²) in [6, 6.07) is 9.15. The maximum Gasteiger partial charge on any atom is 0.0353 e. The van der Waals surface area contributed by atoms with Crippen molar-refractivity contribution in [2.45, 2.75) is 31.7 Å². The number of hydrogen-bond acceptors (Lipinski definition) is 2. The van der Waals surface area contributed by atoms with Crippen molar-refractivity contribution in [3.63, 3.8) is 0 Å². The van der Waals surface area contributed by atoms with Crippen LogP contribution >= 0.6 is 15.9 Å². The minimum atomic E-state index is 0.662. The monoisotopic (exact) mass is 294 g/mol. The molecular weight excluding hydrogens is 276 g/mol. The molecule has 0 bridgehead atoms. The molecule has 3 rings (SSSR count). The van der Waals surface area contributed by atoms with Crippen molar-refractivity contribution in [3.05, 3.63) is 28.7 Å². The van der Waals surface area contributed by atoms with Crippen LogP contribution < -0.4 is 10.6 Å². The largest absolute Gasteiger partial charge is 0.382 e. The zero-order chi connectivity index (χ0) is 11.7. The lowest BCUT2D eigenvalue weighted by Gasteiger charge is -2.50. The van der Waals surface area contributed by atoms with E-state index in [0.29, 0.717) is 11.5 Å². The van der Waals surface area contributed by atoms with E-state index in [9.17, 15) is 0 Å². The molecule has 1 aromatic carbocycles. The molecule has 0 radical (unpaired) electrons. The van der Waals surface area contributed by atoms with Crippen molar-refractivity contribution in [3.8, 4) is 0 Å². The highest BCUT2D eigenvalue weighted by Gasteiger charge is 2.44. The summed E-state index contributed by atoms with van der Waals surface area (Å²) in [4.78, 5) is 0. The number of nitrogens with one attached hydrogen (secondary N) is 2. The molecule has 1 aromatic rings. The van der Waals surface area contributed by atoms with E-state index in [4.69, 9.17) is 0 Å². The number of anilines is 1. The Labute approximate surface area is 111 Å². The number of hydrogen-bond donors (Lipinski definition) is 2. The SMILES string of the molecule is Brc1cccc(NC2CC3(CCNCC3)C2)c1. The molecular formula is C14H19BrN2. The average molecular weight is 295 g/mol. The minimum absolute atomic E-state index is 0.662. The predicted octanol–water partition coefficient (Wildman–Crippen LogP) is 3.39. The minimum Gasteiger partial charge on any atom is -0.382 e. The molecule has 2 fully saturated rings. The van der Waals surface area contributed by atoms with Gasteiger partial charge < -0.3 is 10.6 Å². The van der Waals surface area contributed by atoms with Gasteiger partial charge in [0.05, 0.1) is 0 Å². The Bertz CT molecular complexity index is 391. The van der Waals surface area contributed by atoms with Crippen LogP contribution in [0.3, 0.4) is 0 Å². The van der Waals surface area contributed by atoms with Crippen LogP contribution in [0.1, 0.15) is 25.7 Å². The molecule has 2 N–H and O–H groups in total. The number of halogens is 1. The molecule has 92 valence electrons. The highest BCUT2D eigenvalue weighted by molar-refractivity contribution is 9.10. The van der Waals surface area contributed by atoms with E-state index in [-0.39, 0.29) is 0 Å². The first-order valence-electron chi connectivity index (χ1n) is 6.49. The van der Waals surface area contributed by atoms with Crippen LogP contribution in [0, 0.1) is 5.41 Å². The van der Waals surface area contributed by atoms with Crippen molar-refractivity contribution in [2.75, 3.05) is 18.4 Å². The zero-order valence-corrected chi connectivity index (χ0v) is 11.6. The number of piperidine rings is 1. The van der Waals surface area contributed by atoms with Gasteiger partial charge in [0.2, 0.25) is 0 Å². The van der Waals surface area contributed by atoms with E-state index in [1.807, 2.05) is 0 Å². The van der Waals surface area contributed by atoms with Gasteiger partial charge in [-0.25, -0.2) is 0 Å². The van der Waals surface area contributed by atoms with Crippen LogP contribution in [0.4, 0.5) is 5.69 Å². The average Bonchev–Trinajstić information content (AvgIpc) is 2.28. The highest BCUT2D eigenvalue weighted by Crippen LogP contribution is 2.48. The topological polar surface area (TPSA) is 24.1 Å². The second kappa shape index (κ2) is 4.62. The highest BCUT2D eigenvalue weighted by atomic mass is 79.9. The van der Waals surface area contributed by atoms with Gasteiger partial charge in [-0.3, -0.25) is 0 Å². The Balaban J connectivity index is 1.55. The van der Waals surface area contributed by atoms with Crippen molar-refractivity contribution in [2.24, 2.45) is 5.41 Å². The first kappa shape index (κ1) is 11.5. The van der Waals surface area contributed by atoms with E-state index in [0.717, 1.165) is 4.47 Å². The normalized spacial score (nSPS) is 23.4. The summed E-state index contributed by atoms with van der Waals surface area (Å²) >= 11 is 3.51. The van der Waals surface area contributed by atoms with Crippen LogP contribution in [0.5, 0.6) is 0 Å². The summed E-state index contributed by atoms with van der Waals surface area (Å²) in [6.07, 6.45) is 5.43. The Kier molecular flexibility index (Phi) is 3.14. The van der Waals surface area contributed by atoms with Gasteiger partial charge in [-0.15, -0.1) is 0 Å². The number of rotatable bonds is 2. The quantitative estimate of drug-likeness (QED) is 0.874. The summed E-state index contributed by atoms with van der Waals surface area (Å²) in [5.74, 6) is 0. The van der Waals surface area contributed by atoms with E-state index >= 15 is 0 Å². The molecule has 1 aliphatic carbocycles. The summed E-state index contributed by atoms with van der Waals surface area (Å²) in [5.41, 5.74) is 1.91. The van der Waals surface area contributed by atoms with Crippen molar-refractivity contribution in [1.82, 2.24) is 5.32 Å². The second-order valence-electron chi connectivity index (χ2n) is 5.51. The number of benzene rings is 1. The van der Waals surface area contributed by atoms with E-state index in [1.165, 1.54) is 44.5 Å². The van der Waals surface area contributed by atoms with Gasteiger partial charge in [0.1, 0.15) is 0 Å². The lowest BCUT2D eigenvalue weighted by Crippen LogP contribution is -2.50. The smallest absolute Gasteiger partial charge is 0.0353 e. The van der Waals surface area contributed by atoms with Gasteiger partial charge in [0.25, 0.3) is 0 Å². The molecule has 0 amide bonds. The molecule has 3 heteroatoms. The fourth-order valence-corrected chi connectivity index (χ4v) is 3.67. The molecule has 1 spiro atoms. The molecule has 1 aliphatic heterocycles. The fourth-order valence-electron chi connectivity index (χ4n) is 3.27. The Hall–Kier alpha value is -0.540. The molecule has 2 nitrogen and oxygen atoms in total. The summed E-state index contributed by atoms with van der Waals surface area (Å²) in [6.45, 7) is 2.42. The molecule has 1 heterocycles. The summed E-state index contributed by atoms with van der Waals surface area (Å²) in [7, 11) is 0. The van der Waals surface area contributed by atoms with Gasteiger partial charge in [-0.05, 0) is 62.4 Å². The lowest BCUT2D eigenvalue weighted by atomic mass is 9.60. The van der Waals surface area contributed by atoms with E-state index in [2.05, 4.69) is 50.8 Å². The van der Waals surface area contributed by atoms with Crippen molar-refractivity contribution in [1.29, 1.82) is 0 Å². The first-order chi connectivity index (χ1) is 8.26. The zero-order valence-electron chi connectivity index (χ0n) is 10.0. The van der Waals surface area contributed by atoms with Gasteiger partial charge in [-0.2, -0.15) is 0 Å². The molecule has 0 atom stereocenters. The molecule has 0 aromatic heterocycles. The molecule has 1 saturated carbocycles. The molecule has 2 aliphatic rings. The van der Waals surface area contributed by atoms with Crippen LogP contribution in [0.15, 0.2) is 28.7 Å². The molecule has 0 unspecified atom stereocenters. The molecule has 17 heavy (non-hydrogen) atoms. The summed E-state index contributed by atoms with van der Waals surface area (Å²) < 4.78 is 1.15. The van der Waals surface area contributed by atoms with E-state index in [1.54, 1.807) is 0 Å². The van der Waals surface area contributed by atoms with Crippen molar-refractivity contribution >= 4 is 21.6 Å². The fraction of sp³-hybridized carbons (Fsp3) is 0.571. The summed E-state index contributed by atoms with van der Waals surface area (Å²) in [5, 5.41) is 7.09. The van der Waals surface area contributed by atoms with Crippen LogP contribution in [0.2, 0.25) is 0 Å². The standard InChI is InChI=1S/C14H19BrN2/c15-11-2-1-3-12(8-11)17-13-9-14(10-13)4-6-16-7-5-14/h1-3,8,13,16-17H,4-7,9-10H2. The van der Waals surface area contributed by atoms with Crippen LogP contribution in [-0.2, 0) is 0 Å². The van der Waals surface area contributed by atoms with Gasteiger partial charge in [0, 0.05) is 16.2 Å². The predicted molar refractivity (Wildman–Crippen MR) is 75.3 cm³/mol. The van der Waals surface area contributed by atoms with Gasteiger partial charge in [0.15, 0.2) is 0 Å². The Morgan fingerprint density at radius 3 is 2.71 bits per heavy atom. The van der Waals surface area contributed by atoms with Crippen LogP contribution in [-0.4, -0.2) is 19.1 Å². The van der Waals surface area contributed by atoms with Crippen molar-refractivity contribution < 1.29 is 0 Å². The van der Waals surface area contributed by atoms with E-state index < -0.39 is 0 Å². The van der Waals surface area contributed by atoms with Gasteiger partial charge >= 0.3 is 0 Å². The first-order valence-corrected chi connectivity index (χ1v) is 7.28.